The number of fused-ring (bicyclic) bond motifs is 3. The lowest BCUT2D eigenvalue weighted by atomic mass is 9.92. The molecule has 5 aromatic rings. The van der Waals surface area contributed by atoms with Crippen molar-refractivity contribution >= 4 is 44.4 Å². The monoisotopic (exact) mass is 430 g/mol. The highest BCUT2D eigenvalue weighted by Crippen LogP contribution is 2.46. The fourth-order valence-corrected chi connectivity index (χ4v) is 6.32. The van der Waals surface area contributed by atoms with Crippen molar-refractivity contribution in [3.8, 4) is 0 Å². The summed E-state index contributed by atoms with van der Waals surface area (Å²) in [5.41, 5.74) is 11.3. The summed E-state index contributed by atoms with van der Waals surface area (Å²) in [6, 6.07) is 17.9. The summed E-state index contributed by atoms with van der Waals surface area (Å²) in [7, 11) is 2.17. The molecule has 0 radical (unpaired) electrons. The molecule has 2 aliphatic rings. The molecular weight excluding hydrogens is 402 g/mol. The maximum Gasteiger partial charge on any atom is 0.221 e. The summed E-state index contributed by atoms with van der Waals surface area (Å²) in [5.74, 6) is 0.711. The van der Waals surface area contributed by atoms with Crippen LogP contribution in [-0.2, 0) is 7.05 Å². The molecule has 2 aromatic heterocycles. The molecule has 7 rings (SSSR count). The van der Waals surface area contributed by atoms with Crippen LogP contribution in [0.1, 0.15) is 65.1 Å². The zero-order valence-corrected chi connectivity index (χ0v) is 19.5. The van der Waals surface area contributed by atoms with Gasteiger partial charge >= 0.3 is 0 Å². The molecule has 3 aromatic carbocycles. The number of para-hydroxylation sites is 1. The maximum atomic E-state index is 6.52. The molecule has 2 heteroatoms. The molecule has 33 heavy (non-hydrogen) atoms. The van der Waals surface area contributed by atoms with E-state index in [0.29, 0.717) is 5.92 Å². The Kier molecular flexibility index (Phi) is 3.94. The first kappa shape index (κ1) is 19.1. The Hall–Kier alpha value is -3.39. The molecule has 0 atom stereocenters. The van der Waals surface area contributed by atoms with Crippen molar-refractivity contribution in [1.29, 1.82) is 0 Å². The number of nitrogens with zero attached hydrogens (tertiary/aromatic N) is 1. The van der Waals surface area contributed by atoms with E-state index in [-0.39, 0.29) is 0 Å². The van der Waals surface area contributed by atoms with Crippen molar-refractivity contribution in [2.24, 2.45) is 7.05 Å². The number of hydrogen-bond donors (Lipinski definition) is 0. The van der Waals surface area contributed by atoms with Crippen LogP contribution in [-0.4, -0.2) is 0 Å². The van der Waals surface area contributed by atoms with Gasteiger partial charge in [0, 0.05) is 22.4 Å². The Balaban J connectivity index is 1.55. The number of pyridine rings is 1. The van der Waals surface area contributed by atoms with Crippen LogP contribution in [0.5, 0.6) is 0 Å². The molecule has 1 saturated carbocycles. The molecule has 1 fully saturated rings. The van der Waals surface area contributed by atoms with Crippen molar-refractivity contribution in [3.05, 3.63) is 88.2 Å². The van der Waals surface area contributed by atoms with Crippen molar-refractivity contribution in [2.45, 2.75) is 45.4 Å². The van der Waals surface area contributed by atoms with Crippen LogP contribution in [0.4, 0.5) is 0 Å². The normalized spacial score (nSPS) is 15.9. The van der Waals surface area contributed by atoms with Gasteiger partial charge in [-0.05, 0) is 78.5 Å². The van der Waals surface area contributed by atoms with Gasteiger partial charge in [-0.25, -0.2) is 4.57 Å². The Morgan fingerprint density at radius 2 is 1.76 bits per heavy atom. The van der Waals surface area contributed by atoms with Gasteiger partial charge in [-0.3, -0.25) is 0 Å². The van der Waals surface area contributed by atoms with Crippen molar-refractivity contribution in [2.75, 3.05) is 0 Å². The van der Waals surface area contributed by atoms with Gasteiger partial charge in [0.25, 0.3) is 0 Å². The van der Waals surface area contributed by atoms with E-state index in [0.717, 1.165) is 11.2 Å². The van der Waals surface area contributed by atoms with Gasteiger partial charge in [0.2, 0.25) is 5.69 Å². The van der Waals surface area contributed by atoms with E-state index in [1.807, 2.05) is 0 Å². The third kappa shape index (κ3) is 2.64. The lowest BCUT2D eigenvalue weighted by Gasteiger charge is -2.12. The molecule has 2 aliphatic carbocycles. The van der Waals surface area contributed by atoms with E-state index in [1.165, 1.54) is 86.3 Å². The standard InChI is InChI=1S/C31H28NO/c1-18-14-25-24-10-6-7-11-27(24)33-31(25)28(19(18)2)26-17-23-16-22(20-8-4-5-9-20)15-21-12-13-32(3)30(26)29(21)23/h6-7,10-17,20H,4-5,8-9H2,1-3H3/q+1. The molecule has 162 valence electrons. The van der Waals surface area contributed by atoms with Crippen LogP contribution < -0.4 is 4.57 Å². The van der Waals surface area contributed by atoms with Crippen LogP contribution >= 0.6 is 0 Å². The number of aryl methyl sites for hydroxylation is 2. The van der Waals surface area contributed by atoms with Crippen LogP contribution in [0.25, 0.3) is 44.4 Å². The number of hydrogen-bond acceptors (Lipinski definition) is 1. The number of furan rings is 1. The minimum absolute atomic E-state index is 0.711. The van der Waals surface area contributed by atoms with Gasteiger partial charge in [0.1, 0.15) is 18.2 Å². The van der Waals surface area contributed by atoms with E-state index in [1.54, 1.807) is 0 Å². The highest BCUT2D eigenvalue weighted by molar-refractivity contribution is 6.17. The average molecular weight is 431 g/mol. The number of aromatic nitrogens is 1. The molecule has 0 amide bonds. The van der Waals surface area contributed by atoms with E-state index in [4.69, 9.17) is 4.42 Å². The summed E-state index contributed by atoms with van der Waals surface area (Å²) in [4.78, 5) is 0. The summed E-state index contributed by atoms with van der Waals surface area (Å²) < 4.78 is 8.81. The first-order valence-corrected chi connectivity index (χ1v) is 12.2. The third-order valence-electron chi connectivity index (χ3n) is 8.13. The molecule has 0 spiro atoms. The average Bonchev–Trinajstić information content (AvgIpc) is 3.55. The smallest absolute Gasteiger partial charge is 0.221 e. The predicted octanol–water partition coefficient (Wildman–Crippen LogP) is 7.74. The van der Waals surface area contributed by atoms with E-state index >= 15 is 0 Å². The van der Waals surface area contributed by atoms with E-state index in [9.17, 15) is 0 Å². The summed E-state index contributed by atoms with van der Waals surface area (Å²) >= 11 is 0. The largest absolute Gasteiger partial charge is 0.455 e. The molecule has 0 saturated heterocycles. The van der Waals surface area contributed by atoms with E-state index in [2.05, 4.69) is 86.3 Å². The summed E-state index contributed by atoms with van der Waals surface area (Å²) in [6.45, 7) is 4.46. The molecule has 2 heterocycles. The summed E-state index contributed by atoms with van der Waals surface area (Å²) in [5, 5.41) is 5.14. The predicted molar refractivity (Wildman–Crippen MR) is 136 cm³/mol. The highest BCUT2D eigenvalue weighted by atomic mass is 16.3. The Labute approximate surface area is 194 Å². The topological polar surface area (TPSA) is 17.0 Å². The van der Waals surface area contributed by atoms with Crippen LogP contribution in [0, 0.1) is 13.8 Å². The zero-order chi connectivity index (χ0) is 22.3. The van der Waals surface area contributed by atoms with Crippen LogP contribution in [0.15, 0.2) is 59.1 Å². The molecular formula is C31H28NO+. The summed E-state index contributed by atoms with van der Waals surface area (Å²) in [6.07, 6.45) is 10.0. The lowest BCUT2D eigenvalue weighted by Crippen LogP contribution is -2.32. The van der Waals surface area contributed by atoms with Crippen molar-refractivity contribution in [1.82, 2.24) is 0 Å². The van der Waals surface area contributed by atoms with Gasteiger partial charge in [-0.1, -0.05) is 43.2 Å². The molecule has 0 aliphatic heterocycles. The SMILES string of the molecule is Cc1cc2c(oc3ccccc32)c(C2=Cc3cc(C4CCCC4)cc4cc[n+](C)c2c34)c1C. The van der Waals surface area contributed by atoms with Crippen molar-refractivity contribution in [3.63, 3.8) is 0 Å². The van der Waals surface area contributed by atoms with Gasteiger partial charge < -0.3 is 4.42 Å². The Morgan fingerprint density at radius 3 is 2.61 bits per heavy atom. The molecule has 0 unspecified atom stereocenters. The fourth-order valence-electron chi connectivity index (χ4n) is 6.32. The quantitative estimate of drug-likeness (QED) is 0.257. The van der Waals surface area contributed by atoms with Gasteiger partial charge in [-0.15, -0.1) is 0 Å². The van der Waals surface area contributed by atoms with Gasteiger partial charge in [-0.2, -0.15) is 0 Å². The second kappa shape index (κ2) is 6.81. The first-order valence-electron chi connectivity index (χ1n) is 12.2. The third-order valence-corrected chi connectivity index (χ3v) is 8.13. The van der Waals surface area contributed by atoms with E-state index < -0.39 is 0 Å². The molecule has 0 bridgehead atoms. The van der Waals surface area contributed by atoms with Crippen LogP contribution in [0.2, 0.25) is 0 Å². The minimum atomic E-state index is 0.711. The zero-order valence-electron chi connectivity index (χ0n) is 19.5. The first-order chi connectivity index (χ1) is 16.1. The second-order valence-corrected chi connectivity index (χ2v) is 10.1. The highest BCUT2D eigenvalue weighted by Gasteiger charge is 2.31. The molecule has 2 nitrogen and oxygen atoms in total. The van der Waals surface area contributed by atoms with Gasteiger partial charge in [0.05, 0.1) is 11.0 Å². The number of benzene rings is 3. The molecule has 0 N–H and O–H groups in total. The van der Waals surface area contributed by atoms with Gasteiger partial charge in [0.15, 0.2) is 6.20 Å². The van der Waals surface area contributed by atoms with Crippen LogP contribution in [0.3, 0.4) is 0 Å². The maximum absolute atomic E-state index is 6.52. The Bertz CT molecular complexity index is 1640. The fraction of sp³-hybridized carbons (Fsp3) is 0.258. The minimum Gasteiger partial charge on any atom is -0.455 e. The second-order valence-electron chi connectivity index (χ2n) is 10.1. The Morgan fingerprint density at radius 1 is 0.939 bits per heavy atom. The number of rotatable bonds is 2. The van der Waals surface area contributed by atoms with Crippen molar-refractivity contribution < 1.29 is 8.98 Å². The lowest BCUT2D eigenvalue weighted by molar-refractivity contribution is -0.672.